The van der Waals surface area contributed by atoms with E-state index in [2.05, 4.69) is 19.9 Å². The van der Waals surface area contributed by atoms with E-state index in [1.165, 1.54) is 5.56 Å². The van der Waals surface area contributed by atoms with Crippen molar-refractivity contribution in [3.05, 3.63) is 29.3 Å². The van der Waals surface area contributed by atoms with Crippen molar-refractivity contribution in [1.29, 1.82) is 0 Å². The van der Waals surface area contributed by atoms with E-state index >= 15 is 0 Å². The Hall–Kier alpha value is -1.02. The molecule has 1 aromatic rings. The zero-order valence-corrected chi connectivity index (χ0v) is 8.82. The number of ether oxygens (including phenoxy) is 1. The number of aliphatic hydroxyl groups is 1. The largest absolute Gasteiger partial charge is 0.487 e. The van der Waals surface area contributed by atoms with Crippen LogP contribution in [0.3, 0.4) is 0 Å². The van der Waals surface area contributed by atoms with Gasteiger partial charge in [0.1, 0.15) is 18.0 Å². The number of para-hydroxylation sites is 1. The zero-order valence-electron chi connectivity index (χ0n) is 8.82. The molecule has 0 aromatic heterocycles. The van der Waals surface area contributed by atoms with Gasteiger partial charge in [0.15, 0.2) is 0 Å². The van der Waals surface area contributed by atoms with E-state index in [4.69, 9.17) is 4.74 Å². The van der Waals surface area contributed by atoms with Crippen LogP contribution in [0.2, 0.25) is 0 Å². The van der Waals surface area contributed by atoms with Crippen LogP contribution in [0.15, 0.2) is 18.2 Å². The summed E-state index contributed by atoms with van der Waals surface area (Å²) in [5.41, 5.74) is 2.12. The Bertz CT molecular complexity index is 344. The summed E-state index contributed by atoms with van der Waals surface area (Å²) >= 11 is 0. The lowest BCUT2D eigenvalue weighted by Crippen LogP contribution is -2.12. The Balaban J connectivity index is 2.50. The maximum Gasteiger partial charge on any atom is 0.129 e. The molecule has 2 unspecified atom stereocenters. The average molecular weight is 192 g/mol. The van der Waals surface area contributed by atoms with Gasteiger partial charge in [0.2, 0.25) is 0 Å². The van der Waals surface area contributed by atoms with Crippen LogP contribution in [0.25, 0.3) is 0 Å². The molecule has 2 heteroatoms. The summed E-state index contributed by atoms with van der Waals surface area (Å²) in [5, 5.41) is 9.83. The van der Waals surface area contributed by atoms with Crippen molar-refractivity contribution < 1.29 is 9.84 Å². The van der Waals surface area contributed by atoms with Gasteiger partial charge < -0.3 is 9.84 Å². The number of fused-ring (bicyclic) bond motifs is 1. The van der Waals surface area contributed by atoms with E-state index in [1.54, 1.807) is 0 Å². The molecule has 14 heavy (non-hydrogen) atoms. The Labute approximate surface area is 84.5 Å². The van der Waals surface area contributed by atoms with Crippen LogP contribution in [-0.4, -0.2) is 11.2 Å². The van der Waals surface area contributed by atoms with Gasteiger partial charge in [-0.15, -0.1) is 0 Å². The summed E-state index contributed by atoms with van der Waals surface area (Å²) in [7, 11) is 0. The molecule has 0 bridgehead atoms. The average Bonchev–Trinajstić information content (AvgIpc) is 2.43. The van der Waals surface area contributed by atoms with Crippen LogP contribution in [0.4, 0.5) is 0 Å². The van der Waals surface area contributed by atoms with Gasteiger partial charge in [0.05, 0.1) is 0 Å². The molecule has 1 heterocycles. The fraction of sp³-hybridized carbons (Fsp3) is 0.500. The van der Waals surface area contributed by atoms with E-state index in [1.807, 2.05) is 19.1 Å². The fourth-order valence-electron chi connectivity index (χ4n) is 1.90. The van der Waals surface area contributed by atoms with Gasteiger partial charge in [-0.2, -0.15) is 0 Å². The number of hydrogen-bond acceptors (Lipinski definition) is 2. The SMILES string of the molecule is CC(C)c1cccc2c1OC(C)C2O. The van der Waals surface area contributed by atoms with Crippen LogP contribution >= 0.6 is 0 Å². The van der Waals surface area contributed by atoms with Crippen LogP contribution in [0, 0.1) is 0 Å². The van der Waals surface area contributed by atoms with Crippen LogP contribution in [0.5, 0.6) is 5.75 Å². The highest BCUT2D eigenvalue weighted by Crippen LogP contribution is 2.41. The molecule has 0 spiro atoms. The third-order valence-electron chi connectivity index (χ3n) is 2.76. The Morgan fingerprint density at radius 3 is 2.71 bits per heavy atom. The summed E-state index contributed by atoms with van der Waals surface area (Å²) in [5.74, 6) is 1.32. The van der Waals surface area contributed by atoms with Gasteiger partial charge in [-0.25, -0.2) is 0 Å². The molecular weight excluding hydrogens is 176 g/mol. The van der Waals surface area contributed by atoms with Crippen LogP contribution < -0.4 is 4.74 Å². The van der Waals surface area contributed by atoms with Gasteiger partial charge in [0, 0.05) is 5.56 Å². The minimum Gasteiger partial charge on any atom is -0.487 e. The van der Waals surface area contributed by atoms with Crippen molar-refractivity contribution in [1.82, 2.24) is 0 Å². The first-order chi connectivity index (χ1) is 6.61. The van der Waals surface area contributed by atoms with Crippen LogP contribution in [0.1, 0.15) is 43.9 Å². The van der Waals surface area contributed by atoms with Crippen molar-refractivity contribution in [3.8, 4) is 5.75 Å². The molecule has 1 aliphatic heterocycles. The molecule has 0 radical (unpaired) electrons. The lowest BCUT2D eigenvalue weighted by atomic mass is 9.98. The summed E-state index contributed by atoms with van der Waals surface area (Å²) in [4.78, 5) is 0. The van der Waals surface area contributed by atoms with Crippen molar-refractivity contribution in [2.24, 2.45) is 0 Å². The van der Waals surface area contributed by atoms with Gasteiger partial charge >= 0.3 is 0 Å². The fourth-order valence-corrected chi connectivity index (χ4v) is 1.90. The predicted octanol–water partition coefficient (Wildman–Crippen LogP) is 2.62. The standard InChI is InChI=1S/C12H16O2/c1-7(2)9-5-4-6-10-11(13)8(3)14-12(9)10/h4-8,11,13H,1-3H3. The van der Waals surface area contributed by atoms with Gasteiger partial charge in [-0.05, 0) is 18.4 Å². The molecule has 0 saturated carbocycles. The number of aliphatic hydroxyl groups excluding tert-OH is 1. The molecule has 1 aromatic carbocycles. The molecule has 1 N–H and O–H groups in total. The van der Waals surface area contributed by atoms with Crippen LogP contribution in [-0.2, 0) is 0 Å². The smallest absolute Gasteiger partial charge is 0.129 e. The Morgan fingerprint density at radius 1 is 1.36 bits per heavy atom. The highest BCUT2D eigenvalue weighted by molar-refractivity contribution is 5.47. The minimum absolute atomic E-state index is 0.120. The van der Waals surface area contributed by atoms with Crippen molar-refractivity contribution in [2.75, 3.05) is 0 Å². The third-order valence-corrected chi connectivity index (χ3v) is 2.76. The third kappa shape index (κ3) is 1.30. The summed E-state index contributed by atoms with van der Waals surface area (Å²) in [6.07, 6.45) is -0.589. The van der Waals surface area contributed by atoms with Crippen molar-refractivity contribution in [2.45, 2.75) is 38.9 Å². The molecule has 76 valence electrons. The van der Waals surface area contributed by atoms with Gasteiger partial charge in [-0.1, -0.05) is 32.0 Å². The monoisotopic (exact) mass is 192 g/mol. The molecule has 0 saturated heterocycles. The molecule has 0 fully saturated rings. The number of rotatable bonds is 1. The first-order valence-electron chi connectivity index (χ1n) is 5.08. The minimum atomic E-state index is -0.469. The zero-order chi connectivity index (χ0) is 10.3. The maximum absolute atomic E-state index is 9.83. The molecular formula is C12H16O2. The first-order valence-corrected chi connectivity index (χ1v) is 5.08. The lowest BCUT2D eigenvalue weighted by molar-refractivity contribution is 0.0792. The van der Waals surface area contributed by atoms with E-state index in [0.717, 1.165) is 11.3 Å². The van der Waals surface area contributed by atoms with E-state index in [0.29, 0.717) is 5.92 Å². The van der Waals surface area contributed by atoms with Crippen molar-refractivity contribution >= 4 is 0 Å². The number of benzene rings is 1. The van der Waals surface area contributed by atoms with E-state index < -0.39 is 6.10 Å². The second-order valence-electron chi connectivity index (χ2n) is 4.19. The second kappa shape index (κ2) is 3.28. The summed E-state index contributed by atoms with van der Waals surface area (Å²) < 4.78 is 5.66. The molecule has 0 amide bonds. The second-order valence-corrected chi connectivity index (χ2v) is 4.19. The lowest BCUT2D eigenvalue weighted by Gasteiger charge is -2.11. The van der Waals surface area contributed by atoms with Gasteiger partial charge in [0.25, 0.3) is 0 Å². The normalized spacial score (nSPS) is 24.9. The summed E-state index contributed by atoms with van der Waals surface area (Å²) in [6, 6.07) is 5.99. The first kappa shape index (κ1) is 9.53. The molecule has 1 aliphatic rings. The number of hydrogen-bond donors (Lipinski definition) is 1. The molecule has 2 rings (SSSR count). The summed E-state index contributed by atoms with van der Waals surface area (Å²) in [6.45, 7) is 6.16. The Morgan fingerprint density at radius 2 is 2.07 bits per heavy atom. The highest BCUT2D eigenvalue weighted by Gasteiger charge is 2.31. The predicted molar refractivity (Wildman–Crippen MR) is 55.6 cm³/mol. The van der Waals surface area contributed by atoms with Crippen molar-refractivity contribution in [3.63, 3.8) is 0 Å². The molecule has 2 nitrogen and oxygen atoms in total. The topological polar surface area (TPSA) is 29.5 Å². The van der Waals surface area contributed by atoms with E-state index in [-0.39, 0.29) is 6.10 Å². The molecule has 2 atom stereocenters. The quantitative estimate of drug-likeness (QED) is 0.741. The highest BCUT2D eigenvalue weighted by atomic mass is 16.5. The molecule has 0 aliphatic carbocycles. The van der Waals surface area contributed by atoms with E-state index in [9.17, 15) is 5.11 Å². The Kier molecular flexibility index (Phi) is 2.23. The van der Waals surface area contributed by atoms with Gasteiger partial charge in [-0.3, -0.25) is 0 Å². The maximum atomic E-state index is 9.83.